The molecule has 0 amide bonds. The molecule has 88 valence electrons. The Labute approximate surface area is 94.9 Å². The van der Waals surface area contributed by atoms with Gasteiger partial charge >= 0.3 is 0 Å². The lowest BCUT2D eigenvalue weighted by Crippen LogP contribution is -2.16. The van der Waals surface area contributed by atoms with E-state index in [0.717, 1.165) is 12.2 Å². The highest BCUT2D eigenvalue weighted by Gasteiger charge is 2.15. The first-order valence-electron chi connectivity index (χ1n) is 6.67. The summed E-state index contributed by atoms with van der Waals surface area (Å²) >= 11 is 0. The van der Waals surface area contributed by atoms with Crippen molar-refractivity contribution in [1.82, 2.24) is 0 Å². The Morgan fingerprint density at radius 3 is 2.67 bits per heavy atom. The molecule has 0 aromatic carbocycles. The van der Waals surface area contributed by atoms with Crippen molar-refractivity contribution in [2.75, 3.05) is 0 Å². The van der Waals surface area contributed by atoms with Crippen molar-refractivity contribution in [2.45, 2.75) is 77.2 Å². The van der Waals surface area contributed by atoms with Crippen molar-refractivity contribution in [3.05, 3.63) is 12.3 Å². The lowest BCUT2D eigenvalue weighted by atomic mass is 10.0. The van der Waals surface area contributed by atoms with Crippen LogP contribution in [0.4, 0.5) is 0 Å². The van der Waals surface area contributed by atoms with E-state index in [1.807, 2.05) is 0 Å². The van der Waals surface area contributed by atoms with Crippen molar-refractivity contribution in [3.8, 4) is 0 Å². The van der Waals surface area contributed by atoms with E-state index in [4.69, 9.17) is 4.74 Å². The van der Waals surface area contributed by atoms with Crippen LogP contribution in [0.15, 0.2) is 12.3 Å². The van der Waals surface area contributed by atoms with E-state index in [1.165, 1.54) is 57.8 Å². The van der Waals surface area contributed by atoms with Crippen molar-refractivity contribution in [3.63, 3.8) is 0 Å². The van der Waals surface area contributed by atoms with Gasteiger partial charge in [-0.2, -0.15) is 0 Å². The number of unbranched alkanes of at least 4 members (excludes halogenated alkanes) is 5. The molecule has 0 radical (unpaired) electrons. The fraction of sp³-hybridized carbons (Fsp3) is 0.857. The van der Waals surface area contributed by atoms with Crippen molar-refractivity contribution >= 4 is 0 Å². The van der Waals surface area contributed by atoms with Crippen LogP contribution in [-0.4, -0.2) is 6.10 Å². The van der Waals surface area contributed by atoms with Gasteiger partial charge in [-0.1, -0.05) is 45.6 Å². The summed E-state index contributed by atoms with van der Waals surface area (Å²) < 4.78 is 5.72. The second-order valence-corrected chi connectivity index (χ2v) is 4.73. The zero-order chi connectivity index (χ0) is 10.9. The SMILES string of the molecule is C=C1CCCC(CCCCCCCC)O1. The molecule has 1 aliphatic heterocycles. The summed E-state index contributed by atoms with van der Waals surface area (Å²) in [5.74, 6) is 1.01. The normalized spacial score (nSPS) is 21.4. The molecule has 0 saturated carbocycles. The number of hydrogen-bond donors (Lipinski definition) is 0. The lowest BCUT2D eigenvalue weighted by Gasteiger charge is -2.25. The molecule has 1 fully saturated rings. The predicted octanol–water partition coefficient (Wildman–Crippen LogP) is 4.82. The van der Waals surface area contributed by atoms with Gasteiger partial charge in [0.15, 0.2) is 0 Å². The van der Waals surface area contributed by atoms with E-state index in [2.05, 4.69) is 13.5 Å². The zero-order valence-electron chi connectivity index (χ0n) is 10.3. The molecule has 0 spiro atoms. The Morgan fingerprint density at radius 2 is 1.93 bits per heavy atom. The second-order valence-electron chi connectivity index (χ2n) is 4.73. The smallest absolute Gasteiger partial charge is 0.0982 e. The Hall–Kier alpha value is -0.460. The number of allylic oxidation sites excluding steroid dienone is 1. The highest BCUT2D eigenvalue weighted by molar-refractivity contribution is 4.88. The summed E-state index contributed by atoms with van der Waals surface area (Å²) in [7, 11) is 0. The first kappa shape index (κ1) is 12.6. The van der Waals surface area contributed by atoms with Gasteiger partial charge < -0.3 is 4.74 Å². The molecule has 0 bridgehead atoms. The van der Waals surface area contributed by atoms with Gasteiger partial charge in [0, 0.05) is 6.42 Å². The van der Waals surface area contributed by atoms with Crippen molar-refractivity contribution < 1.29 is 4.74 Å². The number of rotatable bonds is 7. The average molecular weight is 210 g/mol. The highest BCUT2D eigenvalue weighted by atomic mass is 16.5. The van der Waals surface area contributed by atoms with Crippen LogP contribution in [0.3, 0.4) is 0 Å². The van der Waals surface area contributed by atoms with Gasteiger partial charge in [-0.25, -0.2) is 0 Å². The molecule has 1 aliphatic rings. The van der Waals surface area contributed by atoms with Crippen LogP contribution in [0.1, 0.15) is 71.1 Å². The third kappa shape index (κ3) is 5.86. The van der Waals surface area contributed by atoms with Crippen LogP contribution < -0.4 is 0 Å². The molecule has 1 saturated heterocycles. The summed E-state index contributed by atoms with van der Waals surface area (Å²) in [4.78, 5) is 0. The third-order valence-electron chi connectivity index (χ3n) is 3.19. The fourth-order valence-corrected chi connectivity index (χ4v) is 2.24. The maximum atomic E-state index is 5.72. The quantitative estimate of drug-likeness (QED) is 0.547. The van der Waals surface area contributed by atoms with E-state index < -0.39 is 0 Å². The topological polar surface area (TPSA) is 9.23 Å². The van der Waals surface area contributed by atoms with E-state index in [1.54, 1.807) is 0 Å². The molecule has 0 aliphatic carbocycles. The van der Waals surface area contributed by atoms with Crippen molar-refractivity contribution in [2.24, 2.45) is 0 Å². The van der Waals surface area contributed by atoms with Crippen LogP contribution in [-0.2, 0) is 4.74 Å². The van der Waals surface area contributed by atoms with Gasteiger partial charge in [-0.3, -0.25) is 0 Å². The molecule has 1 nitrogen and oxygen atoms in total. The molecule has 0 aromatic heterocycles. The monoisotopic (exact) mass is 210 g/mol. The zero-order valence-corrected chi connectivity index (χ0v) is 10.3. The van der Waals surface area contributed by atoms with Gasteiger partial charge in [0.05, 0.1) is 11.9 Å². The molecule has 15 heavy (non-hydrogen) atoms. The van der Waals surface area contributed by atoms with E-state index in [9.17, 15) is 0 Å². The van der Waals surface area contributed by atoms with Crippen LogP contribution in [0, 0.1) is 0 Å². The maximum Gasteiger partial charge on any atom is 0.0982 e. The van der Waals surface area contributed by atoms with Gasteiger partial charge in [0.25, 0.3) is 0 Å². The number of ether oxygens (including phenoxy) is 1. The molecule has 1 heterocycles. The van der Waals surface area contributed by atoms with Crippen LogP contribution >= 0.6 is 0 Å². The predicted molar refractivity (Wildman–Crippen MR) is 65.9 cm³/mol. The molecule has 1 rings (SSSR count). The van der Waals surface area contributed by atoms with Gasteiger partial charge in [0.2, 0.25) is 0 Å². The van der Waals surface area contributed by atoms with Gasteiger partial charge in [-0.15, -0.1) is 0 Å². The Morgan fingerprint density at radius 1 is 1.20 bits per heavy atom. The third-order valence-corrected chi connectivity index (χ3v) is 3.19. The average Bonchev–Trinajstić information content (AvgIpc) is 2.23. The summed E-state index contributed by atoms with van der Waals surface area (Å²) in [5.41, 5.74) is 0. The minimum Gasteiger partial charge on any atom is -0.495 e. The Kier molecular flexibility index (Phi) is 6.54. The lowest BCUT2D eigenvalue weighted by molar-refractivity contribution is 0.0659. The summed E-state index contributed by atoms with van der Waals surface area (Å²) in [6.45, 7) is 6.18. The van der Waals surface area contributed by atoms with E-state index in [0.29, 0.717) is 6.10 Å². The van der Waals surface area contributed by atoms with Crippen LogP contribution in [0.5, 0.6) is 0 Å². The van der Waals surface area contributed by atoms with Crippen LogP contribution in [0.2, 0.25) is 0 Å². The van der Waals surface area contributed by atoms with E-state index in [-0.39, 0.29) is 0 Å². The summed E-state index contributed by atoms with van der Waals surface area (Å²) in [6, 6.07) is 0. The van der Waals surface area contributed by atoms with E-state index >= 15 is 0 Å². The van der Waals surface area contributed by atoms with Gasteiger partial charge in [-0.05, 0) is 25.7 Å². The maximum absolute atomic E-state index is 5.72. The summed E-state index contributed by atoms with van der Waals surface area (Å²) in [5, 5.41) is 0. The molecule has 1 atom stereocenters. The summed E-state index contributed by atoms with van der Waals surface area (Å²) in [6.07, 6.45) is 13.6. The molecular formula is C14H26O. The standard InChI is InChI=1S/C14H26O/c1-3-4-5-6-7-8-11-14-12-9-10-13(2)15-14/h14H,2-12H2,1H3. The molecule has 1 heteroatoms. The molecule has 0 aromatic rings. The molecule has 0 N–H and O–H groups in total. The Bertz CT molecular complexity index is 174. The molecule has 1 unspecified atom stereocenters. The second kappa shape index (κ2) is 7.78. The minimum atomic E-state index is 0.484. The first-order valence-corrected chi connectivity index (χ1v) is 6.67. The van der Waals surface area contributed by atoms with Gasteiger partial charge in [0.1, 0.15) is 0 Å². The van der Waals surface area contributed by atoms with Crippen LogP contribution in [0.25, 0.3) is 0 Å². The highest BCUT2D eigenvalue weighted by Crippen LogP contribution is 2.24. The number of hydrogen-bond acceptors (Lipinski definition) is 1. The largest absolute Gasteiger partial charge is 0.495 e. The minimum absolute atomic E-state index is 0.484. The Balaban J connectivity index is 1.92. The van der Waals surface area contributed by atoms with Crippen molar-refractivity contribution in [1.29, 1.82) is 0 Å². The molecular weight excluding hydrogens is 184 g/mol. The first-order chi connectivity index (χ1) is 7.33. The fourth-order valence-electron chi connectivity index (χ4n) is 2.24.